The molecular weight excluding hydrogens is 524 g/mol. The summed E-state index contributed by atoms with van der Waals surface area (Å²) in [6, 6.07) is 5.71. The van der Waals surface area contributed by atoms with E-state index in [1.54, 1.807) is 13.8 Å². The molecule has 0 aliphatic carbocycles. The van der Waals surface area contributed by atoms with Gasteiger partial charge in [-0.1, -0.05) is 26.7 Å². The molecule has 0 radical (unpaired) electrons. The molecule has 7 nitrogen and oxygen atoms in total. The van der Waals surface area contributed by atoms with E-state index in [9.17, 15) is 33.7 Å². The van der Waals surface area contributed by atoms with Gasteiger partial charge in [0, 0.05) is 56.6 Å². The van der Waals surface area contributed by atoms with Gasteiger partial charge in [0.15, 0.2) is 30.4 Å². The van der Waals surface area contributed by atoms with Gasteiger partial charge in [-0.05, 0) is 72.9 Å². The molecule has 0 aliphatic rings. The molecule has 0 fully saturated rings. The Labute approximate surface area is 231 Å². The van der Waals surface area contributed by atoms with E-state index in [0.717, 1.165) is 19.3 Å². The maximum Gasteiger partial charge on any atom is 0.309 e. The van der Waals surface area contributed by atoms with E-state index >= 15 is 0 Å². The topological polar surface area (TPSA) is 138 Å². The third-order valence-electron chi connectivity index (χ3n) is 7.02. The standard InChI is InChI=1S/C29H42O7S2/c1-28(2,20-30)14-7-5-10-23-16-21(31)18-25(37(23)35)12-9-13-26-19-22(32)17-24(38(26)36)11-6-8-15-29(3,4)27(33)34/h16-19,30H,5-15,20H2,1-4H3,(H,33,34). The van der Waals surface area contributed by atoms with E-state index in [1.165, 1.54) is 24.3 Å². The Morgan fingerprint density at radius 1 is 0.711 bits per heavy atom. The largest absolute Gasteiger partial charge is 0.590 e. The summed E-state index contributed by atoms with van der Waals surface area (Å²) in [6.45, 7) is 7.47. The Kier molecular flexibility index (Phi) is 12.3. The van der Waals surface area contributed by atoms with Crippen LogP contribution < -0.4 is 10.9 Å². The van der Waals surface area contributed by atoms with Crippen molar-refractivity contribution in [1.29, 1.82) is 0 Å². The van der Waals surface area contributed by atoms with Gasteiger partial charge in [0.2, 0.25) is 0 Å². The molecule has 0 aliphatic heterocycles. The highest BCUT2D eigenvalue weighted by molar-refractivity contribution is 7.25. The summed E-state index contributed by atoms with van der Waals surface area (Å²) in [5.74, 6) is -0.848. The summed E-state index contributed by atoms with van der Waals surface area (Å²) in [4.78, 5) is 38.0. The molecule has 2 heterocycles. The van der Waals surface area contributed by atoms with Crippen molar-refractivity contribution in [2.75, 3.05) is 6.61 Å². The van der Waals surface area contributed by atoms with E-state index in [2.05, 4.69) is 0 Å². The molecule has 0 saturated heterocycles. The van der Waals surface area contributed by atoms with Crippen molar-refractivity contribution in [1.82, 2.24) is 0 Å². The second kappa shape index (κ2) is 14.5. The van der Waals surface area contributed by atoms with Crippen molar-refractivity contribution in [3.63, 3.8) is 0 Å². The van der Waals surface area contributed by atoms with Gasteiger partial charge in [-0.25, -0.2) is 0 Å². The lowest BCUT2D eigenvalue weighted by Gasteiger charge is -2.20. The lowest BCUT2D eigenvalue weighted by molar-refractivity contribution is -0.147. The van der Waals surface area contributed by atoms with Crippen LogP contribution in [0.5, 0.6) is 0 Å². The number of unbranched alkanes of at least 4 members (excludes halogenated alkanes) is 2. The number of rotatable bonds is 16. The van der Waals surface area contributed by atoms with Crippen LogP contribution in [0.2, 0.25) is 0 Å². The second-order valence-electron chi connectivity index (χ2n) is 11.6. The first-order valence-electron chi connectivity index (χ1n) is 13.3. The van der Waals surface area contributed by atoms with E-state index in [-0.39, 0.29) is 22.9 Å². The minimum Gasteiger partial charge on any atom is -0.590 e. The monoisotopic (exact) mass is 566 g/mol. The van der Waals surface area contributed by atoms with Crippen LogP contribution in [0.1, 0.15) is 92.1 Å². The first-order valence-corrected chi connectivity index (χ1v) is 15.6. The number of carbonyl (C=O) groups is 1. The van der Waals surface area contributed by atoms with E-state index < -0.39 is 32.9 Å². The fraction of sp³-hybridized carbons (Fsp3) is 0.621. The number of carboxylic acids is 1. The maximum atomic E-state index is 13.0. The van der Waals surface area contributed by atoms with Crippen LogP contribution in [0, 0.1) is 10.8 Å². The highest BCUT2D eigenvalue weighted by Gasteiger charge is 2.26. The molecule has 2 unspecified atom stereocenters. The first-order chi connectivity index (χ1) is 17.8. The van der Waals surface area contributed by atoms with Gasteiger partial charge < -0.3 is 19.3 Å². The SMILES string of the molecule is CC(C)(CO)CCCCc1cc(=O)cc(CCCc2cc(=O)cc(CCCCC(C)(C)C(=O)O)[s+]2[O-])[s+]1[O-]. The van der Waals surface area contributed by atoms with Gasteiger partial charge >= 0.3 is 5.97 Å². The van der Waals surface area contributed by atoms with Gasteiger partial charge in [-0.2, -0.15) is 0 Å². The zero-order chi connectivity index (χ0) is 28.5. The molecule has 212 valence electrons. The molecule has 2 atom stereocenters. The molecule has 2 aromatic rings. The number of aliphatic hydroxyl groups excluding tert-OH is 1. The predicted molar refractivity (Wildman–Crippen MR) is 152 cm³/mol. The highest BCUT2D eigenvalue weighted by Crippen LogP contribution is 2.30. The molecule has 2 rings (SSSR count). The van der Waals surface area contributed by atoms with Crippen molar-refractivity contribution >= 4 is 27.5 Å². The number of hydrogen-bond acceptors (Lipinski definition) is 6. The molecule has 0 amide bonds. The molecule has 2 N–H and O–H groups in total. The van der Waals surface area contributed by atoms with Crippen molar-refractivity contribution in [3.8, 4) is 0 Å². The summed E-state index contributed by atoms with van der Waals surface area (Å²) < 4.78 is 26.1. The quantitative estimate of drug-likeness (QED) is 0.199. The van der Waals surface area contributed by atoms with Gasteiger partial charge in [0.05, 0.1) is 5.41 Å². The Bertz CT molecular complexity index is 1190. The van der Waals surface area contributed by atoms with E-state index in [1.807, 2.05) is 13.8 Å². The normalized spacial score (nSPS) is 13.1. The average molecular weight is 567 g/mol. The number of aliphatic carboxylic acids is 1. The van der Waals surface area contributed by atoms with Gasteiger partial charge in [-0.15, -0.1) is 0 Å². The molecule has 0 aromatic carbocycles. The number of hydrogen-bond donors (Lipinski definition) is 2. The lowest BCUT2D eigenvalue weighted by atomic mass is 9.87. The van der Waals surface area contributed by atoms with Crippen LogP contribution in [0.15, 0.2) is 33.9 Å². The smallest absolute Gasteiger partial charge is 0.309 e. The summed E-state index contributed by atoms with van der Waals surface area (Å²) in [5.41, 5.74) is -1.34. The Balaban J connectivity index is 1.97. The van der Waals surface area contributed by atoms with Gasteiger partial charge in [0.25, 0.3) is 0 Å². The predicted octanol–water partition coefficient (Wildman–Crippen LogP) is 5.59. The number of carboxylic acid groups (broad SMARTS) is 1. The summed E-state index contributed by atoms with van der Waals surface area (Å²) >= 11 is 0. The molecule has 2 aromatic heterocycles. The third-order valence-corrected chi connectivity index (χ3v) is 10.2. The minimum atomic E-state index is -1.42. The molecule has 0 saturated carbocycles. The van der Waals surface area contributed by atoms with Crippen molar-refractivity contribution in [2.45, 2.75) is 98.3 Å². The van der Waals surface area contributed by atoms with Crippen LogP contribution >= 0.6 is 21.5 Å². The van der Waals surface area contributed by atoms with E-state index in [4.69, 9.17) is 0 Å². The van der Waals surface area contributed by atoms with Gasteiger partial charge in [0.1, 0.15) is 0 Å². The zero-order valence-electron chi connectivity index (χ0n) is 23.0. The zero-order valence-corrected chi connectivity index (χ0v) is 24.7. The molecule has 0 spiro atoms. The third kappa shape index (κ3) is 10.0. The summed E-state index contributed by atoms with van der Waals surface area (Å²) in [5, 5.41) is 18.6. The Hall–Kier alpha value is -1.91. The fourth-order valence-electron chi connectivity index (χ4n) is 4.32. The maximum absolute atomic E-state index is 13.0. The van der Waals surface area contributed by atoms with Crippen LogP contribution in [0.3, 0.4) is 0 Å². The lowest BCUT2D eigenvalue weighted by Crippen LogP contribution is -2.23. The van der Waals surface area contributed by atoms with Crippen LogP contribution in [-0.2, 0) is 30.5 Å². The summed E-state index contributed by atoms with van der Waals surface area (Å²) in [6.07, 6.45) is 6.70. The summed E-state index contributed by atoms with van der Waals surface area (Å²) in [7, 11) is -2.79. The van der Waals surface area contributed by atoms with E-state index in [0.29, 0.717) is 70.9 Å². The fourth-order valence-corrected chi connectivity index (χ4v) is 7.21. The molecule has 38 heavy (non-hydrogen) atoms. The van der Waals surface area contributed by atoms with Gasteiger partial charge in [-0.3, -0.25) is 14.4 Å². The van der Waals surface area contributed by atoms with Crippen molar-refractivity contribution in [3.05, 3.63) is 64.2 Å². The highest BCUT2D eigenvalue weighted by atomic mass is 32.2. The number of aryl methyl sites for hydroxylation is 4. The van der Waals surface area contributed by atoms with Crippen molar-refractivity contribution in [2.24, 2.45) is 10.8 Å². The molecular formula is C29H42O7S2. The Morgan fingerprint density at radius 2 is 1.08 bits per heavy atom. The first kappa shape index (κ1) is 32.3. The molecule has 0 bridgehead atoms. The molecule has 9 heteroatoms. The minimum absolute atomic E-state index is 0.113. The Morgan fingerprint density at radius 3 is 1.45 bits per heavy atom. The second-order valence-corrected chi connectivity index (χ2v) is 14.7. The van der Waals surface area contributed by atoms with Crippen LogP contribution in [-0.4, -0.2) is 31.9 Å². The average Bonchev–Trinajstić information content (AvgIpc) is 2.84. The number of aliphatic hydroxyl groups is 1. The van der Waals surface area contributed by atoms with Crippen LogP contribution in [0.4, 0.5) is 0 Å². The van der Waals surface area contributed by atoms with Crippen LogP contribution in [0.25, 0.3) is 0 Å². The van der Waals surface area contributed by atoms with Crippen molar-refractivity contribution < 1.29 is 24.1 Å².